The van der Waals surface area contributed by atoms with Crippen LogP contribution in [-0.2, 0) is 0 Å². The van der Waals surface area contributed by atoms with Gasteiger partial charge in [-0.3, -0.25) is 15.1 Å². The number of hydrogen-bond acceptors (Lipinski definition) is 7. The minimum Gasteiger partial charge on any atom is -0.491 e. The molecular formula is C28H25FN8O. The molecule has 0 atom stereocenters. The number of H-pyrrole nitrogens is 2. The maximum absolute atomic E-state index is 14.1. The van der Waals surface area contributed by atoms with Gasteiger partial charge in [-0.15, -0.1) is 0 Å². The molecule has 0 fully saturated rings. The molecule has 0 aliphatic carbocycles. The molecule has 0 aliphatic heterocycles. The van der Waals surface area contributed by atoms with E-state index in [9.17, 15) is 4.39 Å². The summed E-state index contributed by atoms with van der Waals surface area (Å²) in [4.78, 5) is 23.7. The van der Waals surface area contributed by atoms with Gasteiger partial charge in [-0.2, -0.15) is 5.10 Å². The number of benzene rings is 1. The number of hydrogen-bond donors (Lipinski definition) is 2. The van der Waals surface area contributed by atoms with E-state index in [0.717, 1.165) is 40.0 Å². The Hall–Kier alpha value is -4.70. The lowest BCUT2D eigenvalue weighted by Gasteiger charge is -2.11. The molecule has 2 N–H and O–H groups in total. The smallest absolute Gasteiger partial charge is 0.161 e. The zero-order valence-corrected chi connectivity index (χ0v) is 21.2. The molecule has 190 valence electrons. The number of aromatic nitrogens is 7. The van der Waals surface area contributed by atoms with Crippen LogP contribution in [0.4, 0.5) is 4.39 Å². The first kappa shape index (κ1) is 23.7. The van der Waals surface area contributed by atoms with E-state index >= 15 is 0 Å². The molecule has 0 saturated carbocycles. The number of nitrogens with zero attached hydrogens (tertiary/aromatic N) is 6. The predicted octanol–water partition coefficient (Wildman–Crippen LogP) is 5.01. The van der Waals surface area contributed by atoms with E-state index in [2.05, 4.69) is 30.0 Å². The predicted molar refractivity (Wildman–Crippen MR) is 144 cm³/mol. The number of aromatic amines is 2. The fourth-order valence-corrected chi connectivity index (χ4v) is 4.36. The average molecular weight is 509 g/mol. The number of fused-ring (bicyclic) bond motifs is 2. The van der Waals surface area contributed by atoms with Gasteiger partial charge in [-0.05, 0) is 62.5 Å². The summed E-state index contributed by atoms with van der Waals surface area (Å²) in [5.74, 6) is 0.921. The molecule has 0 amide bonds. The molecule has 5 heterocycles. The normalized spacial score (nSPS) is 11.6. The molecule has 0 bridgehead atoms. The fraction of sp³-hybridized carbons (Fsp3) is 0.179. The summed E-state index contributed by atoms with van der Waals surface area (Å²) >= 11 is 0. The Kier molecular flexibility index (Phi) is 6.01. The summed E-state index contributed by atoms with van der Waals surface area (Å²) in [6.45, 7) is 3.23. The molecule has 6 aromatic rings. The summed E-state index contributed by atoms with van der Waals surface area (Å²) < 4.78 is 20.0. The Labute approximate surface area is 217 Å². The van der Waals surface area contributed by atoms with E-state index in [4.69, 9.17) is 14.7 Å². The van der Waals surface area contributed by atoms with Crippen LogP contribution in [0.3, 0.4) is 0 Å². The van der Waals surface area contributed by atoms with Crippen LogP contribution in [0.1, 0.15) is 5.56 Å². The Morgan fingerprint density at radius 1 is 0.895 bits per heavy atom. The van der Waals surface area contributed by atoms with Gasteiger partial charge in [0.05, 0.1) is 34.6 Å². The second-order valence-corrected chi connectivity index (χ2v) is 9.41. The number of pyridine rings is 3. The molecule has 0 saturated heterocycles. The number of imidazole rings is 1. The van der Waals surface area contributed by atoms with E-state index in [1.165, 1.54) is 12.1 Å². The maximum Gasteiger partial charge on any atom is 0.161 e. The van der Waals surface area contributed by atoms with Gasteiger partial charge in [0.25, 0.3) is 0 Å². The van der Waals surface area contributed by atoms with Crippen molar-refractivity contribution in [2.45, 2.75) is 6.92 Å². The largest absolute Gasteiger partial charge is 0.491 e. The van der Waals surface area contributed by atoms with Gasteiger partial charge in [0, 0.05) is 30.1 Å². The third kappa shape index (κ3) is 4.57. The first-order chi connectivity index (χ1) is 18.4. The quantitative estimate of drug-likeness (QED) is 0.312. The van der Waals surface area contributed by atoms with Crippen LogP contribution in [0.5, 0.6) is 5.75 Å². The van der Waals surface area contributed by atoms with Gasteiger partial charge in [-0.1, -0.05) is 6.07 Å². The number of likely N-dealkylation sites (N-methyl/N-ethyl adjacent to an activating group) is 1. The first-order valence-corrected chi connectivity index (χ1v) is 12.1. The van der Waals surface area contributed by atoms with E-state index in [-0.39, 0.29) is 5.82 Å². The summed E-state index contributed by atoms with van der Waals surface area (Å²) in [7, 11) is 4.00. The lowest BCUT2D eigenvalue weighted by molar-refractivity contribution is 0.261. The minimum absolute atomic E-state index is 0.301. The molecule has 0 unspecified atom stereocenters. The molecule has 10 heteroatoms. The highest BCUT2D eigenvalue weighted by Crippen LogP contribution is 2.32. The number of halogens is 1. The van der Waals surface area contributed by atoms with Crippen molar-refractivity contribution in [1.29, 1.82) is 0 Å². The van der Waals surface area contributed by atoms with E-state index in [1.807, 2.05) is 45.3 Å². The summed E-state index contributed by atoms with van der Waals surface area (Å²) in [5.41, 5.74) is 7.25. The van der Waals surface area contributed by atoms with Crippen molar-refractivity contribution in [2.24, 2.45) is 0 Å². The van der Waals surface area contributed by atoms with Crippen LogP contribution in [0, 0.1) is 12.7 Å². The third-order valence-corrected chi connectivity index (χ3v) is 6.20. The van der Waals surface area contributed by atoms with Crippen LogP contribution in [0.25, 0.3) is 56.0 Å². The maximum atomic E-state index is 14.1. The van der Waals surface area contributed by atoms with Crippen LogP contribution in [0.15, 0.2) is 61.2 Å². The molecule has 0 spiro atoms. The van der Waals surface area contributed by atoms with Gasteiger partial charge in [0.1, 0.15) is 23.7 Å². The number of ether oxygens (including phenoxy) is 1. The minimum atomic E-state index is -0.301. The average Bonchev–Trinajstić information content (AvgIpc) is 3.51. The van der Waals surface area contributed by atoms with E-state index in [1.54, 1.807) is 24.8 Å². The lowest BCUT2D eigenvalue weighted by atomic mass is 10.0. The number of aryl methyl sites for hydroxylation is 1. The molecule has 5 aromatic heterocycles. The molecule has 6 rings (SSSR count). The van der Waals surface area contributed by atoms with Gasteiger partial charge >= 0.3 is 0 Å². The van der Waals surface area contributed by atoms with E-state index < -0.39 is 0 Å². The van der Waals surface area contributed by atoms with Crippen molar-refractivity contribution in [3.63, 3.8) is 0 Å². The van der Waals surface area contributed by atoms with Crippen molar-refractivity contribution in [3.8, 4) is 39.7 Å². The van der Waals surface area contributed by atoms with Gasteiger partial charge < -0.3 is 14.6 Å². The highest BCUT2D eigenvalue weighted by molar-refractivity contribution is 5.95. The molecule has 0 radical (unpaired) electrons. The zero-order chi connectivity index (χ0) is 26.2. The fourth-order valence-electron chi connectivity index (χ4n) is 4.36. The molecular weight excluding hydrogens is 483 g/mol. The van der Waals surface area contributed by atoms with Crippen molar-refractivity contribution >= 4 is 22.1 Å². The first-order valence-electron chi connectivity index (χ1n) is 12.1. The van der Waals surface area contributed by atoms with Crippen LogP contribution < -0.4 is 4.74 Å². The Morgan fingerprint density at radius 2 is 1.76 bits per heavy atom. The monoisotopic (exact) mass is 508 g/mol. The summed E-state index contributed by atoms with van der Waals surface area (Å²) in [6, 6.07) is 10.7. The molecule has 38 heavy (non-hydrogen) atoms. The second-order valence-electron chi connectivity index (χ2n) is 9.41. The summed E-state index contributed by atoms with van der Waals surface area (Å²) in [5, 5.41) is 7.53. The van der Waals surface area contributed by atoms with Crippen LogP contribution in [-0.4, -0.2) is 67.3 Å². The molecule has 0 aliphatic rings. The van der Waals surface area contributed by atoms with Crippen molar-refractivity contribution in [3.05, 3.63) is 72.6 Å². The SMILES string of the molecule is Cc1cc(F)cc(-c2cncc3[nH]c(-c4n[nH]c5ccc(-c6cncc(OCCN(C)C)c6)nc45)nc23)c1. The highest BCUT2D eigenvalue weighted by Gasteiger charge is 2.18. The van der Waals surface area contributed by atoms with Crippen LogP contribution >= 0.6 is 0 Å². The second kappa shape index (κ2) is 9.64. The lowest BCUT2D eigenvalue weighted by Crippen LogP contribution is -2.19. The van der Waals surface area contributed by atoms with Crippen molar-refractivity contribution < 1.29 is 9.13 Å². The van der Waals surface area contributed by atoms with Crippen molar-refractivity contribution in [2.75, 3.05) is 27.2 Å². The van der Waals surface area contributed by atoms with E-state index in [0.29, 0.717) is 40.5 Å². The summed E-state index contributed by atoms with van der Waals surface area (Å²) in [6.07, 6.45) is 6.84. The Morgan fingerprint density at radius 3 is 2.61 bits per heavy atom. The molecule has 9 nitrogen and oxygen atoms in total. The topological polar surface area (TPSA) is 108 Å². The zero-order valence-electron chi connectivity index (χ0n) is 21.2. The standard InChI is InChI=1S/C28H25FN8O/c1-16-8-17(10-19(29)9-16)21-14-31-15-24-25(21)34-28(33-24)27-26-23(35-36-27)5-4-22(32-26)18-11-20(13-30-12-18)38-7-6-37(2)3/h4-5,8-15H,6-7H2,1-3H3,(H,33,34)(H,35,36). The van der Waals surface area contributed by atoms with Crippen molar-refractivity contribution in [1.82, 2.24) is 40.0 Å². The van der Waals surface area contributed by atoms with Crippen LogP contribution in [0.2, 0.25) is 0 Å². The Balaban J connectivity index is 1.38. The Bertz CT molecular complexity index is 1750. The third-order valence-electron chi connectivity index (χ3n) is 6.20. The number of rotatable bonds is 7. The van der Waals surface area contributed by atoms with Gasteiger partial charge in [0.2, 0.25) is 0 Å². The number of nitrogens with one attached hydrogen (secondary N) is 2. The molecule has 1 aromatic carbocycles. The van der Waals surface area contributed by atoms with Gasteiger partial charge in [0.15, 0.2) is 11.5 Å². The highest BCUT2D eigenvalue weighted by atomic mass is 19.1. The van der Waals surface area contributed by atoms with Gasteiger partial charge in [-0.25, -0.2) is 14.4 Å².